The Labute approximate surface area is 231 Å². The van der Waals surface area contributed by atoms with E-state index < -0.39 is 12.5 Å². The summed E-state index contributed by atoms with van der Waals surface area (Å²) in [5.41, 5.74) is 1.52. The van der Waals surface area contributed by atoms with Gasteiger partial charge in [0.05, 0.1) is 25.5 Å². The molecule has 3 aliphatic rings. The third-order valence-electron chi connectivity index (χ3n) is 8.15. The first-order chi connectivity index (χ1) is 19.3. The van der Waals surface area contributed by atoms with Gasteiger partial charge in [-0.1, -0.05) is 12.8 Å². The molecule has 0 atom stereocenters. The largest absolute Gasteiger partial charge is 0.495 e. The standard InChI is InChI=1S/C28H34F2N8O2/c1-36-12-9-19(10-13-36)33-25(39)18-7-8-21(23(15-18)40-2)34-27-32-16-22-24(35-27)38(20-5-3-4-6-20)17-28(29,30)26-31-11-14-37(22)26/h7-8,11,14-16,19-20H,3-6,9-10,12-13,17H2,1-2H3,(H,33,39)(H,32,34,35). The van der Waals surface area contributed by atoms with Gasteiger partial charge >= 0.3 is 5.92 Å². The van der Waals surface area contributed by atoms with E-state index in [-0.39, 0.29) is 29.8 Å². The number of amides is 1. The second-order valence-corrected chi connectivity index (χ2v) is 10.9. The van der Waals surface area contributed by atoms with Crippen molar-refractivity contribution < 1.29 is 18.3 Å². The Morgan fingerprint density at radius 3 is 2.65 bits per heavy atom. The van der Waals surface area contributed by atoms with Gasteiger partial charge < -0.3 is 25.2 Å². The third kappa shape index (κ3) is 5.07. The average Bonchev–Trinajstić information content (AvgIpc) is 3.65. The van der Waals surface area contributed by atoms with Crippen molar-refractivity contribution in [3.8, 4) is 11.4 Å². The Bertz CT molecular complexity index is 1380. The summed E-state index contributed by atoms with van der Waals surface area (Å²) in [6.07, 6.45) is 9.94. The number of imidazole rings is 1. The molecule has 0 spiro atoms. The number of halogens is 2. The number of nitrogens with zero attached hydrogens (tertiary/aromatic N) is 6. The van der Waals surface area contributed by atoms with E-state index in [4.69, 9.17) is 9.72 Å². The maximum absolute atomic E-state index is 15.3. The highest BCUT2D eigenvalue weighted by molar-refractivity contribution is 5.95. The number of piperidine rings is 1. The molecule has 1 saturated heterocycles. The van der Waals surface area contributed by atoms with E-state index in [1.807, 2.05) is 0 Å². The lowest BCUT2D eigenvalue weighted by atomic mass is 10.0. The van der Waals surface area contributed by atoms with Crippen LogP contribution in [0.4, 0.5) is 26.2 Å². The number of benzene rings is 1. The van der Waals surface area contributed by atoms with Crippen molar-refractivity contribution in [2.24, 2.45) is 0 Å². The first-order valence-electron chi connectivity index (χ1n) is 13.8. The number of fused-ring (bicyclic) bond motifs is 3. The number of hydrogen-bond acceptors (Lipinski definition) is 8. The zero-order valence-electron chi connectivity index (χ0n) is 22.7. The van der Waals surface area contributed by atoms with Crippen LogP contribution < -0.4 is 20.3 Å². The monoisotopic (exact) mass is 552 g/mol. The lowest BCUT2D eigenvalue weighted by Gasteiger charge is -2.31. The van der Waals surface area contributed by atoms with Gasteiger partial charge in [0.2, 0.25) is 5.95 Å². The fourth-order valence-electron chi connectivity index (χ4n) is 5.93. The highest BCUT2D eigenvalue weighted by Crippen LogP contribution is 2.41. The first kappa shape index (κ1) is 26.4. The van der Waals surface area contributed by atoms with Gasteiger partial charge in [0.15, 0.2) is 11.6 Å². The van der Waals surface area contributed by atoms with Gasteiger partial charge in [-0.05, 0) is 64.0 Å². The highest BCUT2D eigenvalue weighted by atomic mass is 19.3. The predicted molar refractivity (Wildman–Crippen MR) is 147 cm³/mol. The molecule has 12 heteroatoms. The van der Waals surface area contributed by atoms with E-state index in [1.54, 1.807) is 29.3 Å². The van der Waals surface area contributed by atoms with Crippen molar-refractivity contribution in [3.63, 3.8) is 0 Å². The molecular formula is C28H34F2N8O2. The molecule has 1 aliphatic carbocycles. The van der Waals surface area contributed by atoms with E-state index in [0.717, 1.165) is 51.6 Å². The average molecular weight is 553 g/mol. The number of carbonyl (C=O) groups excluding carboxylic acids is 1. The van der Waals surface area contributed by atoms with Gasteiger partial charge in [-0.2, -0.15) is 13.8 Å². The fraction of sp³-hybridized carbons (Fsp3) is 0.500. The molecule has 1 aromatic carbocycles. The molecule has 6 rings (SSSR count). The van der Waals surface area contributed by atoms with Crippen molar-refractivity contribution in [2.45, 2.75) is 56.5 Å². The Hall–Kier alpha value is -3.80. The molecule has 0 unspecified atom stereocenters. The van der Waals surface area contributed by atoms with Gasteiger partial charge in [0, 0.05) is 30.0 Å². The summed E-state index contributed by atoms with van der Waals surface area (Å²) in [7, 11) is 3.61. The number of aromatic nitrogens is 4. The van der Waals surface area contributed by atoms with Crippen LogP contribution in [0.5, 0.6) is 5.75 Å². The number of hydrogen-bond donors (Lipinski definition) is 2. The second-order valence-electron chi connectivity index (χ2n) is 10.9. The smallest absolute Gasteiger partial charge is 0.322 e. The maximum Gasteiger partial charge on any atom is 0.322 e. The number of ether oxygens (including phenoxy) is 1. The van der Waals surface area contributed by atoms with Crippen LogP contribution in [0.2, 0.25) is 0 Å². The number of likely N-dealkylation sites (tertiary alicyclic amines) is 1. The van der Waals surface area contributed by atoms with Crippen LogP contribution >= 0.6 is 0 Å². The normalized spacial score (nSPS) is 19.6. The number of rotatable bonds is 6. The molecule has 40 heavy (non-hydrogen) atoms. The van der Waals surface area contributed by atoms with Crippen molar-refractivity contribution in [2.75, 3.05) is 44.0 Å². The molecule has 2 N–H and O–H groups in total. The predicted octanol–water partition coefficient (Wildman–Crippen LogP) is 4.09. The summed E-state index contributed by atoms with van der Waals surface area (Å²) in [6.45, 7) is 1.41. The van der Waals surface area contributed by atoms with E-state index >= 15 is 8.78 Å². The summed E-state index contributed by atoms with van der Waals surface area (Å²) >= 11 is 0. The zero-order valence-corrected chi connectivity index (χ0v) is 22.7. The number of methoxy groups -OCH3 is 1. The van der Waals surface area contributed by atoms with Gasteiger partial charge in [0.1, 0.15) is 11.4 Å². The van der Waals surface area contributed by atoms with Crippen LogP contribution in [0, 0.1) is 0 Å². The third-order valence-corrected chi connectivity index (χ3v) is 8.15. The van der Waals surface area contributed by atoms with Crippen LogP contribution in [0.3, 0.4) is 0 Å². The molecule has 4 heterocycles. The number of anilines is 3. The molecule has 0 radical (unpaired) electrons. The molecule has 2 fully saturated rings. The Morgan fingerprint density at radius 2 is 1.90 bits per heavy atom. The molecule has 1 saturated carbocycles. The highest BCUT2D eigenvalue weighted by Gasteiger charge is 2.45. The van der Waals surface area contributed by atoms with Gasteiger partial charge in [0.25, 0.3) is 5.91 Å². The van der Waals surface area contributed by atoms with Crippen molar-refractivity contribution in [3.05, 3.63) is 48.2 Å². The summed E-state index contributed by atoms with van der Waals surface area (Å²) in [5, 5.41) is 6.29. The van der Waals surface area contributed by atoms with Crippen molar-refractivity contribution in [1.82, 2.24) is 29.7 Å². The molecule has 1 amide bonds. The minimum absolute atomic E-state index is 0.0334. The van der Waals surface area contributed by atoms with Gasteiger partial charge in [-0.3, -0.25) is 9.36 Å². The molecule has 2 aromatic heterocycles. The molecule has 3 aromatic rings. The van der Waals surface area contributed by atoms with Crippen LogP contribution in [0.25, 0.3) is 5.69 Å². The van der Waals surface area contributed by atoms with E-state index in [0.29, 0.717) is 28.5 Å². The molecule has 10 nitrogen and oxygen atoms in total. The van der Waals surface area contributed by atoms with E-state index in [9.17, 15) is 4.79 Å². The number of nitrogens with one attached hydrogen (secondary N) is 2. The number of carbonyl (C=O) groups is 1. The second kappa shape index (κ2) is 10.6. The lowest BCUT2D eigenvalue weighted by Crippen LogP contribution is -2.43. The Balaban J connectivity index is 1.27. The van der Waals surface area contributed by atoms with Crippen molar-refractivity contribution in [1.29, 1.82) is 0 Å². The maximum atomic E-state index is 15.3. The Kier molecular flexibility index (Phi) is 7.03. The quantitative estimate of drug-likeness (QED) is 0.472. The SMILES string of the molecule is COc1cc(C(=O)NC2CCN(C)CC2)ccc1Nc1ncc2c(n1)N(C1CCCC1)CC(F)(F)c1nccn1-2. The van der Waals surface area contributed by atoms with Crippen LogP contribution in [-0.4, -0.2) is 76.2 Å². The minimum Gasteiger partial charge on any atom is -0.495 e. The molecule has 2 aliphatic heterocycles. The van der Waals surface area contributed by atoms with Crippen LogP contribution in [0.15, 0.2) is 36.8 Å². The Morgan fingerprint density at radius 1 is 1.12 bits per heavy atom. The van der Waals surface area contributed by atoms with E-state index in [2.05, 4.69) is 32.5 Å². The summed E-state index contributed by atoms with van der Waals surface area (Å²) < 4.78 is 37.6. The fourth-order valence-corrected chi connectivity index (χ4v) is 5.93. The van der Waals surface area contributed by atoms with Gasteiger partial charge in [-0.15, -0.1) is 0 Å². The van der Waals surface area contributed by atoms with Crippen LogP contribution in [-0.2, 0) is 5.92 Å². The molecule has 0 bridgehead atoms. The summed E-state index contributed by atoms with van der Waals surface area (Å²) in [6, 6.07) is 5.26. The minimum atomic E-state index is -3.15. The van der Waals surface area contributed by atoms with E-state index in [1.165, 1.54) is 24.1 Å². The van der Waals surface area contributed by atoms with Crippen LogP contribution in [0.1, 0.15) is 54.7 Å². The summed E-state index contributed by atoms with van der Waals surface area (Å²) in [4.78, 5) is 30.0. The topological polar surface area (TPSA) is 100 Å². The summed E-state index contributed by atoms with van der Waals surface area (Å²) in [5.74, 6) is -2.47. The first-order valence-corrected chi connectivity index (χ1v) is 13.8. The number of alkyl halides is 2. The van der Waals surface area contributed by atoms with Crippen molar-refractivity contribution >= 4 is 23.4 Å². The molecular weight excluding hydrogens is 518 g/mol. The lowest BCUT2D eigenvalue weighted by molar-refractivity contribution is -0.00705. The van der Waals surface area contributed by atoms with Gasteiger partial charge in [-0.25, -0.2) is 9.97 Å². The molecule has 212 valence electrons. The zero-order chi connectivity index (χ0) is 27.9.